The van der Waals surface area contributed by atoms with E-state index in [2.05, 4.69) is 106 Å². The van der Waals surface area contributed by atoms with Crippen LogP contribution < -0.4 is 0 Å². The van der Waals surface area contributed by atoms with Gasteiger partial charge in [0.15, 0.2) is 5.82 Å². The molecule has 0 atom stereocenters. The van der Waals surface area contributed by atoms with Gasteiger partial charge in [-0.15, -0.1) is 5.10 Å². The van der Waals surface area contributed by atoms with Crippen LogP contribution in [0.1, 0.15) is 16.7 Å². The maximum Gasteiger partial charge on any atom is 0.346 e. The maximum absolute atomic E-state index is 4.78. The number of pyridine rings is 1. The van der Waals surface area contributed by atoms with Gasteiger partial charge in [-0.2, -0.15) is 0 Å². The van der Waals surface area contributed by atoms with Crippen molar-refractivity contribution in [3.05, 3.63) is 132 Å². The Bertz CT molecular complexity index is 1230. The van der Waals surface area contributed by atoms with Crippen LogP contribution in [0.15, 0.2) is 121 Å². The van der Waals surface area contributed by atoms with Gasteiger partial charge in [0.25, 0.3) is 0 Å². The van der Waals surface area contributed by atoms with E-state index in [9.17, 15) is 0 Å². The van der Waals surface area contributed by atoms with Gasteiger partial charge in [-0.1, -0.05) is 96.1 Å². The molecule has 2 heterocycles. The zero-order chi connectivity index (χ0) is 22.3. The molecular weight excluding hydrogens is 424 g/mol. The van der Waals surface area contributed by atoms with Gasteiger partial charge in [-0.05, 0) is 17.7 Å². The van der Waals surface area contributed by atoms with Crippen LogP contribution in [0.4, 0.5) is 0 Å². The van der Waals surface area contributed by atoms with Gasteiger partial charge in [0.1, 0.15) is 11.5 Å². The summed E-state index contributed by atoms with van der Waals surface area (Å²) in [5, 5.41) is 10.5. The number of hydrogen-bond acceptors (Lipinski definition) is 3. The second-order valence-corrected chi connectivity index (χ2v) is 9.80. The lowest BCUT2D eigenvalue weighted by molar-refractivity contribution is 0.709. The van der Waals surface area contributed by atoms with Gasteiger partial charge in [-0.3, -0.25) is 9.55 Å². The largest absolute Gasteiger partial charge is 0.346 e. The summed E-state index contributed by atoms with van der Waals surface area (Å²) in [7, 11) is -0.159. The lowest BCUT2D eigenvalue weighted by Gasteiger charge is -2.12. The topological polar surface area (TPSA) is 43.6 Å². The molecule has 0 fully saturated rings. The third-order valence-electron chi connectivity index (χ3n) is 5.45. The van der Waals surface area contributed by atoms with Gasteiger partial charge in [0, 0.05) is 29.1 Å². The standard InChI is InChI=1S/C28H25N4S/c1-4-11-23(12-5-1)20-32-27(26-17-10-18-29-19-26)30-31-28(32)33(21-24-13-6-2-7-14-24)22-25-15-8-3-9-16-25/h1-19H,20-22H2/q+1. The van der Waals surface area contributed by atoms with Crippen molar-refractivity contribution in [2.24, 2.45) is 0 Å². The van der Waals surface area contributed by atoms with Crippen molar-refractivity contribution < 1.29 is 0 Å². The van der Waals surface area contributed by atoms with E-state index in [1.54, 1.807) is 6.20 Å². The molecule has 0 aliphatic heterocycles. The highest BCUT2D eigenvalue weighted by atomic mass is 32.2. The molecular formula is C28H25N4S+. The molecule has 5 aromatic rings. The Morgan fingerprint density at radius 1 is 0.606 bits per heavy atom. The lowest BCUT2D eigenvalue weighted by Crippen LogP contribution is -2.17. The van der Waals surface area contributed by atoms with Crippen molar-refractivity contribution in [1.82, 2.24) is 19.7 Å². The minimum absolute atomic E-state index is 0.159. The molecule has 5 rings (SSSR count). The van der Waals surface area contributed by atoms with Crippen molar-refractivity contribution >= 4 is 10.9 Å². The van der Waals surface area contributed by atoms with E-state index >= 15 is 0 Å². The molecule has 0 radical (unpaired) electrons. The molecule has 0 bridgehead atoms. The Hall–Kier alpha value is -3.70. The smallest absolute Gasteiger partial charge is 0.264 e. The summed E-state index contributed by atoms with van der Waals surface area (Å²) < 4.78 is 2.28. The van der Waals surface area contributed by atoms with E-state index in [0.29, 0.717) is 0 Å². The average molecular weight is 450 g/mol. The Balaban J connectivity index is 1.59. The monoisotopic (exact) mass is 449 g/mol. The number of nitrogens with zero attached hydrogens (tertiary/aromatic N) is 4. The summed E-state index contributed by atoms with van der Waals surface area (Å²) in [6, 6.07) is 35.9. The number of rotatable bonds is 8. The van der Waals surface area contributed by atoms with Crippen LogP contribution in [0.3, 0.4) is 0 Å². The third-order valence-corrected chi connectivity index (χ3v) is 7.63. The van der Waals surface area contributed by atoms with Crippen molar-refractivity contribution in [2.45, 2.75) is 23.2 Å². The highest BCUT2D eigenvalue weighted by molar-refractivity contribution is 7.95. The van der Waals surface area contributed by atoms with Crippen LogP contribution in [-0.4, -0.2) is 19.7 Å². The molecule has 0 N–H and O–H groups in total. The molecule has 2 aromatic heterocycles. The van der Waals surface area contributed by atoms with E-state index in [4.69, 9.17) is 5.10 Å². The van der Waals surface area contributed by atoms with E-state index < -0.39 is 0 Å². The molecule has 162 valence electrons. The molecule has 0 saturated heterocycles. The molecule has 0 aliphatic rings. The van der Waals surface area contributed by atoms with Crippen LogP contribution >= 0.6 is 0 Å². The Labute approximate surface area is 197 Å². The van der Waals surface area contributed by atoms with E-state index in [1.165, 1.54) is 16.7 Å². The highest BCUT2D eigenvalue weighted by Gasteiger charge is 2.32. The molecule has 3 aromatic carbocycles. The Morgan fingerprint density at radius 3 is 1.73 bits per heavy atom. The predicted molar refractivity (Wildman–Crippen MR) is 135 cm³/mol. The van der Waals surface area contributed by atoms with Crippen LogP contribution in [0, 0.1) is 0 Å². The average Bonchev–Trinajstić information content (AvgIpc) is 3.29. The molecule has 4 nitrogen and oxygen atoms in total. The second-order valence-electron chi connectivity index (χ2n) is 7.87. The summed E-state index contributed by atoms with van der Waals surface area (Å²) in [4.78, 5) is 4.32. The first kappa shape index (κ1) is 21.2. The van der Waals surface area contributed by atoms with Crippen molar-refractivity contribution in [2.75, 3.05) is 0 Å². The SMILES string of the molecule is c1ccc(Cn2c(-c3cccnc3)nnc2[S+](Cc2ccccc2)Cc2ccccc2)cc1. The molecule has 0 spiro atoms. The summed E-state index contributed by atoms with van der Waals surface area (Å²) in [6.45, 7) is 0.723. The van der Waals surface area contributed by atoms with Gasteiger partial charge in [0.2, 0.25) is 0 Å². The summed E-state index contributed by atoms with van der Waals surface area (Å²) >= 11 is 0. The molecule has 0 unspecified atom stereocenters. The Kier molecular flexibility index (Phi) is 6.59. The number of hydrogen-bond donors (Lipinski definition) is 0. The molecule has 0 amide bonds. The highest BCUT2D eigenvalue weighted by Crippen LogP contribution is 2.27. The molecule has 33 heavy (non-hydrogen) atoms. The fraction of sp³-hybridized carbons (Fsp3) is 0.107. The first-order valence-electron chi connectivity index (χ1n) is 11.0. The lowest BCUT2D eigenvalue weighted by atomic mass is 10.2. The zero-order valence-electron chi connectivity index (χ0n) is 18.3. The fourth-order valence-electron chi connectivity index (χ4n) is 3.85. The van der Waals surface area contributed by atoms with Crippen molar-refractivity contribution in [1.29, 1.82) is 0 Å². The van der Waals surface area contributed by atoms with Crippen LogP contribution in [0.5, 0.6) is 0 Å². The maximum atomic E-state index is 4.78. The zero-order valence-corrected chi connectivity index (χ0v) is 19.1. The quantitative estimate of drug-likeness (QED) is 0.283. The van der Waals surface area contributed by atoms with E-state index in [1.807, 2.05) is 18.3 Å². The van der Waals surface area contributed by atoms with Gasteiger partial charge in [0.05, 0.1) is 17.4 Å². The minimum Gasteiger partial charge on any atom is -0.264 e. The number of benzene rings is 3. The first-order chi connectivity index (χ1) is 16.4. The van der Waals surface area contributed by atoms with Gasteiger partial charge in [-0.25, -0.2) is 0 Å². The summed E-state index contributed by atoms with van der Waals surface area (Å²) in [5.74, 6) is 2.71. The van der Waals surface area contributed by atoms with Gasteiger partial charge < -0.3 is 0 Å². The Morgan fingerprint density at radius 2 is 1.18 bits per heavy atom. The summed E-state index contributed by atoms with van der Waals surface area (Å²) in [6.07, 6.45) is 3.65. The third kappa shape index (κ3) is 5.21. The van der Waals surface area contributed by atoms with Crippen LogP contribution in [0.2, 0.25) is 0 Å². The molecule has 0 saturated carbocycles. The van der Waals surface area contributed by atoms with Crippen molar-refractivity contribution in [3.8, 4) is 11.4 Å². The second kappa shape index (κ2) is 10.3. The van der Waals surface area contributed by atoms with Gasteiger partial charge >= 0.3 is 5.16 Å². The predicted octanol–water partition coefficient (Wildman–Crippen LogP) is 5.77. The van der Waals surface area contributed by atoms with Crippen molar-refractivity contribution in [3.63, 3.8) is 0 Å². The number of aromatic nitrogens is 4. The molecule has 5 heteroatoms. The van der Waals surface area contributed by atoms with Crippen LogP contribution in [-0.2, 0) is 28.9 Å². The summed E-state index contributed by atoms with van der Waals surface area (Å²) in [5.41, 5.74) is 4.84. The van der Waals surface area contributed by atoms with Crippen LogP contribution in [0.25, 0.3) is 11.4 Å². The van der Waals surface area contributed by atoms with E-state index in [-0.39, 0.29) is 10.9 Å². The fourth-order valence-corrected chi connectivity index (χ4v) is 6.02. The first-order valence-corrected chi connectivity index (χ1v) is 12.6. The molecule has 0 aliphatic carbocycles. The normalized spacial score (nSPS) is 11.1. The van der Waals surface area contributed by atoms with E-state index in [0.717, 1.165) is 34.6 Å². The minimum atomic E-state index is -0.159.